The minimum absolute atomic E-state index is 0.238. The third kappa shape index (κ3) is 3.07. The number of hydrogen-bond donors (Lipinski definition) is 0. The van der Waals surface area contributed by atoms with Gasteiger partial charge in [-0.3, -0.25) is 0 Å². The van der Waals surface area contributed by atoms with E-state index < -0.39 is 0 Å². The molecule has 5 nitrogen and oxygen atoms in total. The Balaban J connectivity index is 2.26. The van der Waals surface area contributed by atoms with Gasteiger partial charge in [0.05, 0.1) is 14.2 Å². The molecule has 0 N–H and O–H groups in total. The van der Waals surface area contributed by atoms with Gasteiger partial charge >= 0.3 is 12.0 Å². The van der Waals surface area contributed by atoms with E-state index in [1.807, 2.05) is 24.3 Å². The number of methoxy groups -OCH3 is 2. The minimum atomic E-state index is 0.238. The second kappa shape index (κ2) is 5.49. The zero-order valence-corrected chi connectivity index (χ0v) is 10.2. The first-order valence-electron chi connectivity index (χ1n) is 4.80. The van der Waals surface area contributed by atoms with Crippen molar-refractivity contribution in [2.24, 2.45) is 0 Å². The Bertz CT molecular complexity index is 471. The van der Waals surface area contributed by atoms with Crippen molar-refractivity contribution in [1.29, 1.82) is 0 Å². The molecule has 0 aliphatic carbocycles. The van der Waals surface area contributed by atoms with E-state index in [2.05, 4.69) is 21.0 Å². The van der Waals surface area contributed by atoms with Crippen molar-refractivity contribution >= 4 is 11.8 Å². The van der Waals surface area contributed by atoms with E-state index in [9.17, 15) is 0 Å². The Hall–Kier alpha value is -1.82. The Morgan fingerprint density at radius 3 is 2.12 bits per heavy atom. The molecule has 1 aromatic carbocycles. The predicted octanol–water partition coefficient (Wildman–Crippen LogP) is 1.84. The lowest BCUT2D eigenvalue weighted by atomic mass is 10.4. The van der Waals surface area contributed by atoms with Crippen molar-refractivity contribution in [3.05, 3.63) is 30.3 Å². The number of nitrogens with zero attached hydrogens (tertiary/aromatic N) is 3. The third-order valence-corrected chi connectivity index (χ3v) is 2.71. The van der Waals surface area contributed by atoms with E-state index in [-0.39, 0.29) is 12.0 Å². The maximum Gasteiger partial charge on any atom is 0.323 e. The molecule has 0 aliphatic rings. The lowest BCUT2D eigenvalue weighted by Gasteiger charge is -2.04. The fourth-order valence-corrected chi connectivity index (χ4v) is 1.82. The van der Waals surface area contributed by atoms with Gasteiger partial charge in [-0.1, -0.05) is 12.1 Å². The molecule has 0 saturated heterocycles. The van der Waals surface area contributed by atoms with Gasteiger partial charge in [-0.25, -0.2) is 0 Å². The van der Waals surface area contributed by atoms with E-state index in [1.165, 1.54) is 26.0 Å². The number of aromatic nitrogens is 3. The van der Waals surface area contributed by atoms with Crippen molar-refractivity contribution in [2.75, 3.05) is 14.2 Å². The average Bonchev–Trinajstić information content (AvgIpc) is 2.39. The summed E-state index contributed by atoms with van der Waals surface area (Å²) in [6.45, 7) is 0. The van der Waals surface area contributed by atoms with Gasteiger partial charge in [0.25, 0.3) is 0 Å². The van der Waals surface area contributed by atoms with Crippen LogP contribution in [0.2, 0.25) is 0 Å². The fourth-order valence-electron chi connectivity index (χ4n) is 1.09. The van der Waals surface area contributed by atoms with Crippen LogP contribution in [0.25, 0.3) is 0 Å². The highest BCUT2D eigenvalue weighted by atomic mass is 32.2. The molecule has 0 amide bonds. The Labute approximate surface area is 103 Å². The molecule has 0 bridgehead atoms. The smallest absolute Gasteiger partial charge is 0.323 e. The topological polar surface area (TPSA) is 57.1 Å². The van der Waals surface area contributed by atoms with Crippen LogP contribution in [0.4, 0.5) is 0 Å². The molecule has 1 aromatic heterocycles. The maximum atomic E-state index is 4.97. The molecular weight excluding hydrogens is 238 g/mol. The first-order valence-corrected chi connectivity index (χ1v) is 5.61. The van der Waals surface area contributed by atoms with Gasteiger partial charge in [0, 0.05) is 4.90 Å². The monoisotopic (exact) mass is 248 g/mol. The first kappa shape index (κ1) is 11.7. The fraction of sp³-hybridized carbons (Fsp3) is 0.182. The van der Waals surface area contributed by atoms with Crippen molar-refractivity contribution in [1.82, 2.24) is 15.0 Å². The van der Waals surface area contributed by atoms with E-state index in [1.54, 1.807) is 0 Å². The summed E-state index contributed by atoms with van der Waals surface area (Å²) in [6, 6.07) is 10.9. The second-order valence-corrected chi connectivity index (χ2v) is 3.97. The van der Waals surface area contributed by atoms with Crippen LogP contribution in [0.1, 0.15) is 0 Å². The highest BCUT2D eigenvalue weighted by Gasteiger charge is 2.08. The lowest BCUT2D eigenvalue weighted by Crippen LogP contribution is -2.00. The lowest BCUT2D eigenvalue weighted by molar-refractivity contribution is 0.332. The number of rotatable bonds is 4. The molecular formula is C11H10N3O2S. The maximum absolute atomic E-state index is 4.97. The molecule has 2 aromatic rings. The van der Waals surface area contributed by atoms with Gasteiger partial charge in [-0.15, -0.1) is 4.98 Å². The zero-order valence-electron chi connectivity index (χ0n) is 9.38. The Kier molecular flexibility index (Phi) is 3.77. The standard InChI is InChI=1S/C11H10N3O2S/c1-15-9-12-10(16-2)14-11(13-9)17-8-6-4-3-5-7-8/h4-7H,1-2H3. The van der Waals surface area contributed by atoms with Crippen LogP contribution < -0.4 is 9.47 Å². The summed E-state index contributed by atoms with van der Waals surface area (Å²) < 4.78 is 9.95. The average molecular weight is 248 g/mol. The van der Waals surface area contributed by atoms with Crippen LogP contribution in [0, 0.1) is 6.07 Å². The normalized spacial score (nSPS) is 10.0. The van der Waals surface area contributed by atoms with Gasteiger partial charge in [-0.2, -0.15) is 9.97 Å². The molecule has 17 heavy (non-hydrogen) atoms. The summed E-state index contributed by atoms with van der Waals surface area (Å²) in [5.41, 5.74) is 0. The molecule has 87 valence electrons. The minimum Gasteiger partial charge on any atom is -0.467 e. The van der Waals surface area contributed by atoms with Crippen molar-refractivity contribution in [2.45, 2.75) is 10.1 Å². The van der Waals surface area contributed by atoms with Gasteiger partial charge in [0.2, 0.25) is 5.16 Å². The summed E-state index contributed by atoms with van der Waals surface area (Å²) in [5.74, 6) is 0. The zero-order chi connectivity index (χ0) is 12.1. The summed E-state index contributed by atoms with van der Waals surface area (Å²) in [7, 11) is 3.00. The second-order valence-electron chi connectivity index (χ2n) is 2.93. The van der Waals surface area contributed by atoms with E-state index in [0.29, 0.717) is 5.16 Å². The Morgan fingerprint density at radius 1 is 1.00 bits per heavy atom. The quantitative estimate of drug-likeness (QED) is 0.823. The molecule has 0 saturated carbocycles. The summed E-state index contributed by atoms with van der Waals surface area (Å²) in [5, 5.41) is 0.528. The van der Waals surface area contributed by atoms with Gasteiger partial charge in [-0.05, 0) is 30.0 Å². The van der Waals surface area contributed by atoms with Gasteiger partial charge < -0.3 is 9.47 Å². The molecule has 0 fully saturated rings. The molecule has 6 heteroatoms. The third-order valence-electron chi connectivity index (χ3n) is 1.84. The number of benzene rings is 1. The van der Waals surface area contributed by atoms with Crippen molar-refractivity contribution < 1.29 is 9.47 Å². The summed E-state index contributed by atoms with van der Waals surface area (Å²) in [4.78, 5) is 13.2. The largest absolute Gasteiger partial charge is 0.467 e. The summed E-state index contributed by atoms with van der Waals surface area (Å²) >= 11 is 1.40. The molecule has 0 atom stereocenters. The van der Waals surface area contributed by atoms with Gasteiger partial charge in [0.1, 0.15) is 0 Å². The number of hydrogen-bond acceptors (Lipinski definition) is 6. The molecule has 1 heterocycles. The van der Waals surface area contributed by atoms with Crippen LogP contribution in [0.3, 0.4) is 0 Å². The van der Waals surface area contributed by atoms with E-state index >= 15 is 0 Å². The molecule has 0 unspecified atom stereocenters. The van der Waals surface area contributed by atoms with Crippen molar-refractivity contribution in [3.63, 3.8) is 0 Å². The Morgan fingerprint density at radius 2 is 1.59 bits per heavy atom. The molecule has 2 rings (SSSR count). The SMILES string of the molecule is COc1nc(OC)nc(Sc2cc[c]cc2)n1. The van der Waals surface area contributed by atoms with Gasteiger partial charge in [0.15, 0.2) is 0 Å². The van der Waals surface area contributed by atoms with Crippen LogP contribution in [-0.4, -0.2) is 29.2 Å². The van der Waals surface area contributed by atoms with Crippen LogP contribution in [-0.2, 0) is 0 Å². The van der Waals surface area contributed by atoms with Crippen LogP contribution in [0.5, 0.6) is 12.0 Å². The van der Waals surface area contributed by atoms with E-state index in [4.69, 9.17) is 9.47 Å². The van der Waals surface area contributed by atoms with Crippen LogP contribution in [0.15, 0.2) is 34.3 Å². The highest BCUT2D eigenvalue weighted by molar-refractivity contribution is 7.99. The summed E-state index contributed by atoms with van der Waals surface area (Å²) in [6.07, 6.45) is 0. The molecule has 0 aliphatic heterocycles. The number of ether oxygens (including phenoxy) is 2. The highest BCUT2D eigenvalue weighted by Crippen LogP contribution is 2.26. The predicted molar refractivity (Wildman–Crippen MR) is 62.3 cm³/mol. The van der Waals surface area contributed by atoms with Crippen molar-refractivity contribution in [3.8, 4) is 12.0 Å². The van der Waals surface area contributed by atoms with E-state index in [0.717, 1.165) is 4.90 Å². The molecule has 1 radical (unpaired) electrons. The first-order chi connectivity index (χ1) is 8.31. The van der Waals surface area contributed by atoms with Crippen LogP contribution >= 0.6 is 11.8 Å². The molecule has 0 spiro atoms.